The highest BCUT2D eigenvalue weighted by molar-refractivity contribution is 5.41. The number of aliphatic hydroxyl groups is 8. The third-order valence-electron chi connectivity index (χ3n) is 7.25. The van der Waals surface area contributed by atoms with Crippen LogP contribution in [0.3, 0.4) is 0 Å². The van der Waals surface area contributed by atoms with Gasteiger partial charge in [-0.05, 0) is 48.2 Å². The van der Waals surface area contributed by atoms with E-state index in [0.717, 1.165) is 5.56 Å². The first-order chi connectivity index (χ1) is 20.1. The number of ether oxygens (including phenoxy) is 6. The zero-order chi connectivity index (χ0) is 30.6. The second-order valence-corrected chi connectivity index (χ2v) is 10.2. The van der Waals surface area contributed by atoms with E-state index in [1.165, 1.54) is 6.07 Å². The first kappa shape index (κ1) is 32.2. The molecule has 0 unspecified atom stereocenters. The van der Waals surface area contributed by atoms with Crippen LogP contribution < -0.4 is 18.9 Å². The van der Waals surface area contributed by atoms with Crippen molar-refractivity contribution in [2.24, 2.45) is 0 Å². The Morgan fingerprint density at radius 2 is 0.881 bits per heavy atom. The van der Waals surface area contributed by atoms with Crippen molar-refractivity contribution >= 4 is 0 Å². The summed E-state index contributed by atoms with van der Waals surface area (Å²) in [5, 5.41) is 80.4. The number of methoxy groups -OCH3 is 2. The minimum atomic E-state index is -1.66. The van der Waals surface area contributed by atoms with Crippen molar-refractivity contribution in [1.82, 2.24) is 0 Å². The topological polar surface area (TPSA) is 217 Å². The lowest BCUT2D eigenvalue weighted by Gasteiger charge is -2.40. The van der Waals surface area contributed by atoms with E-state index in [-0.39, 0.29) is 11.5 Å². The van der Waals surface area contributed by atoms with Crippen LogP contribution in [-0.2, 0) is 22.3 Å². The van der Waals surface area contributed by atoms with Gasteiger partial charge in [-0.15, -0.1) is 0 Å². The molecule has 42 heavy (non-hydrogen) atoms. The summed E-state index contributed by atoms with van der Waals surface area (Å²) >= 11 is 0. The highest BCUT2D eigenvalue weighted by atomic mass is 16.7. The van der Waals surface area contributed by atoms with Crippen molar-refractivity contribution in [3.05, 3.63) is 47.5 Å². The molecule has 2 fully saturated rings. The molecule has 2 heterocycles. The molecule has 2 aromatic rings. The Morgan fingerprint density at radius 3 is 1.24 bits per heavy atom. The summed E-state index contributed by atoms with van der Waals surface area (Å²) in [5.74, 6) is 1.41. The molecule has 10 atom stereocenters. The first-order valence-electron chi connectivity index (χ1n) is 13.4. The predicted molar refractivity (Wildman–Crippen MR) is 142 cm³/mol. The summed E-state index contributed by atoms with van der Waals surface area (Å²) in [7, 11) is 3.09. The van der Waals surface area contributed by atoms with E-state index in [4.69, 9.17) is 28.4 Å². The van der Waals surface area contributed by atoms with E-state index in [1.54, 1.807) is 32.4 Å². The van der Waals surface area contributed by atoms with Crippen LogP contribution in [0.25, 0.3) is 0 Å². The molecule has 8 N–H and O–H groups in total. The zero-order valence-electron chi connectivity index (χ0n) is 23.1. The Balaban J connectivity index is 1.61. The average molecular weight is 599 g/mol. The largest absolute Gasteiger partial charge is 0.497 e. The van der Waals surface area contributed by atoms with Crippen molar-refractivity contribution in [1.29, 1.82) is 0 Å². The molecule has 14 nitrogen and oxygen atoms in total. The van der Waals surface area contributed by atoms with E-state index >= 15 is 0 Å². The molecule has 14 heteroatoms. The zero-order valence-corrected chi connectivity index (χ0v) is 23.1. The lowest BCUT2D eigenvalue weighted by atomic mass is 9.99. The van der Waals surface area contributed by atoms with Crippen molar-refractivity contribution in [2.75, 3.05) is 27.4 Å². The molecule has 2 saturated heterocycles. The molecule has 0 spiro atoms. The van der Waals surface area contributed by atoms with Gasteiger partial charge in [0.05, 0.1) is 27.4 Å². The number of hydrogen-bond acceptors (Lipinski definition) is 14. The minimum absolute atomic E-state index is 0.0969. The molecule has 0 aliphatic carbocycles. The summed E-state index contributed by atoms with van der Waals surface area (Å²) in [6.07, 6.45) is -14.2. The van der Waals surface area contributed by atoms with Gasteiger partial charge in [-0.2, -0.15) is 0 Å². The Morgan fingerprint density at radius 1 is 0.524 bits per heavy atom. The monoisotopic (exact) mass is 598 g/mol. The lowest BCUT2D eigenvalue weighted by molar-refractivity contribution is -0.278. The second-order valence-electron chi connectivity index (χ2n) is 10.2. The predicted octanol–water partition coefficient (Wildman–Crippen LogP) is -2.15. The maximum absolute atomic E-state index is 10.5. The lowest BCUT2D eigenvalue weighted by Crippen LogP contribution is -2.60. The highest BCUT2D eigenvalue weighted by Gasteiger charge is 2.46. The van der Waals surface area contributed by atoms with Crippen LogP contribution in [0, 0.1) is 0 Å². The van der Waals surface area contributed by atoms with Crippen molar-refractivity contribution in [3.63, 3.8) is 0 Å². The molecule has 2 aliphatic rings. The molecule has 4 rings (SSSR count). The van der Waals surface area contributed by atoms with E-state index in [1.807, 2.05) is 12.1 Å². The van der Waals surface area contributed by atoms with Gasteiger partial charge in [-0.3, -0.25) is 0 Å². The number of hydrogen-bond donors (Lipinski definition) is 8. The molecule has 0 bridgehead atoms. The van der Waals surface area contributed by atoms with Crippen LogP contribution in [0.1, 0.15) is 11.1 Å². The number of aryl methyl sites for hydroxylation is 2. The Bertz CT molecular complexity index is 1080. The molecule has 0 amide bonds. The van der Waals surface area contributed by atoms with Crippen LogP contribution in [0.5, 0.6) is 23.0 Å². The van der Waals surface area contributed by atoms with Gasteiger partial charge in [-0.25, -0.2) is 0 Å². The van der Waals surface area contributed by atoms with Gasteiger partial charge >= 0.3 is 0 Å². The Hall–Kier alpha value is -2.76. The molecular weight excluding hydrogens is 560 g/mol. The van der Waals surface area contributed by atoms with Crippen LogP contribution in [0.15, 0.2) is 36.4 Å². The fourth-order valence-corrected chi connectivity index (χ4v) is 4.81. The number of rotatable bonds is 11. The van der Waals surface area contributed by atoms with E-state index in [2.05, 4.69) is 0 Å². The van der Waals surface area contributed by atoms with Crippen LogP contribution in [-0.4, -0.2) is 130 Å². The normalized spacial score (nSPS) is 33.2. The Kier molecular flexibility index (Phi) is 10.8. The van der Waals surface area contributed by atoms with Crippen molar-refractivity contribution in [3.8, 4) is 23.0 Å². The second kappa shape index (κ2) is 14.1. The number of benzene rings is 2. The van der Waals surface area contributed by atoms with Gasteiger partial charge in [0.25, 0.3) is 0 Å². The van der Waals surface area contributed by atoms with E-state index in [0.29, 0.717) is 29.9 Å². The van der Waals surface area contributed by atoms with Gasteiger partial charge in [0.15, 0.2) is 0 Å². The van der Waals surface area contributed by atoms with Gasteiger partial charge in [0.1, 0.15) is 71.8 Å². The highest BCUT2D eigenvalue weighted by Crippen LogP contribution is 2.32. The fraction of sp³-hybridized carbons (Fsp3) is 0.571. The summed E-state index contributed by atoms with van der Waals surface area (Å²) in [6, 6.07) is 10.1. The first-order valence-corrected chi connectivity index (χ1v) is 13.4. The van der Waals surface area contributed by atoms with Crippen LogP contribution >= 0.6 is 0 Å². The third kappa shape index (κ3) is 7.23. The number of aliphatic hydroxyl groups excluding tert-OH is 8. The van der Waals surface area contributed by atoms with Gasteiger partial charge in [0, 0.05) is 12.1 Å². The SMILES string of the molecule is COc1cc(CCc2cc(O[C@@H]3O[C@H](CO)[C@@H](O)[C@H](O)[C@H]3O)cc(O[C@@H]3O[C@H](CO)[C@@H](O)[C@H](O)[C@H]3O)c2)cc(OC)c1. The maximum atomic E-state index is 10.5. The van der Waals surface area contributed by atoms with E-state index < -0.39 is 74.6 Å². The molecule has 0 aromatic heterocycles. The standard InChI is InChI=1S/C28H38O14/c1-37-15-5-13(6-16(9-15)38-2)3-4-14-7-17(39-27-25(35)23(33)21(31)19(11-29)41-27)10-18(8-14)40-28-26(36)24(34)22(32)20(12-30)42-28/h5-10,19-36H,3-4,11-12H2,1-2H3/t19-,20-,21-,22-,23+,24+,25-,26-,27-,28-/m1/s1. The molecule has 0 saturated carbocycles. The molecular formula is C28H38O14. The van der Waals surface area contributed by atoms with Crippen molar-refractivity contribution in [2.45, 2.75) is 74.3 Å². The summed E-state index contributed by atoms with van der Waals surface area (Å²) < 4.78 is 33.2. The molecule has 234 valence electrons. The Labute approximate surface area is 241 Å². The quantitative estimate of drug-likeness (QED) is 0.138. The van der Waals surface area contributed by atoms with Crippen LogP contribution in [0.2, 0.25) is 0 Å². The minimum Gasteiger partial charge on any atom is -0.497 e. The fourth-order valence-electron chi connectivity index (χ4n) is 4.81. The summed E-state index contributed by atoms with van der Waals surface area (Å²) in [6.45, 7) is -1.28. The van der Waals surface area contributed by atoms with Gasteiger partial charge in [-0.1, -0.05) is 0 Å². The summed E-state index contributed by atoms with van der Waals surface area (Å²) in [4.78, 5) is 0. The summed E-state index contributed by atoms with van der Waals surface area (Å²) in [5.41, 5.74) is 1.54. The molecule has 2 aliphatic heterocycles. The maximum Gasteiger partial charge on any atom is 0.229 e. The third-order valence-corrected chi connectivity index (χ3v) is 7.25. The van der Waals surface area contributed by atoms with Gasteiger partial charge < -0.3 is 69.3 Å². The smallest absolute Gasteiger partial charge is 0.229 e. The van der Waals surface area contributed by atoms with Crippen LogP contribution in [0.4, 0.5) is 0 Å². The average Bonchev–Trinajstić information content (AvgIpc) is 3.00. The van der Waals surface area contributed by atoms with Crippen molar-refractivity contribution < 1.29 is 69.3 Å². The molecule has 0 radical (unpaired) electrons. The van der Waals surface area contributed by atoms with Gasteiger partial charge in [0.2, 0.25) is 12.6 Å². The van der Waals surface area contributed by atoms with E-state index in [9.17, 15) is 40.9 Å². The molecule has 2 aromatic carbocycles.